The number of amides is 1. The minimum atomic E-state index is -0.989. The number of anilines is 1. The maximum atomic E-state index is 13.9. The van der Waals surface area contributed by atoms with Gasteiger partial charge in [0.15, 0.2) is 11.0 Å². The van der Waals surface area contributed by atoms with Crippen LogP contribution in [-0.2, 0) is 11.8 Å². The molecule has 11 heteroatoms. The molecule has 1 aromatic heterocycles. The number of nitrogens with zero attached hydrogens (tertiary/aromatic N) is 4. The lowest BCUT2D eigenvalue weighted by Crippen LogP contribution is -2.14. The van der Waals surface area contributed by atoms with Gasteiger partial charge >= 0.3 is 5.69 Å². The van der Waals surface area contributed by atoms with Crippen LogP contribution in [0.25, 0.3) is 11.4 Å². The average molecular weight is 405 g/mol. The molecular weight excluding hydrogens is 392 g/mol. The number of carbonyl (C=O) groups is 1. The summed E-state index contributed by atoms with van der Waals surface area (Å²) in [6.45, 7) is 0. The Balaban J connectivity index is 1.67. The Labute approximate surface area is 161 Å². The second-order valence-electron chi connectivity index (χ2n) is 5.61. The lowest BCUT2D eigenvalue weighted by Gasteiger charge is -2.06. The molecule has 0 saturated heterocycles. The van der Waals surface area contributed by atoms with E-state index in [9.17, 15) is 23.7 Å². The number of thioether (sulfide) groups is 1. The predicted octanol–water partition coefficient (Wildman–Crippen LogP) is 3.40. The van der Waals surface area contributed by atoms with Gasteiger partial charge in [0.1, 0.15) is 5.82 Å². The zero-order chi connectivity index (χ0) is 20.3. The second kappa shape index (κ2) is 8.13. The normalized spacial score (nSPS) is 10.7. The van der Waals surface area contributed by atoms with E-state index in [2.05, 4.69) is 15.5 Å². The SMILES string of the molecule is Cn1c(SCC(=O)Nc2ccc(F)c([N+](=O)[O-])c2)nnc1-c1ccccc1F. The van der Waals surface area contributed by atoms with E-state index in [4.69, 9.17) is 0 Å². The van der Waals surface area contributed by atoms with Gasteiger partial charge in [-0.1, -0.05) is 23.9 Å². The molecule has 8 nitrogen and oxygen atoms in total. The fraction of sp³-hybridized carbons (Fsp3) is 0.118. The molecule has 0 fully saturated rings. The summed E-state index contributed by atoms with van der Waals surface area (Å²) in [5.41, 5.74) is -0.343. The van der Waals surface area contributed by atoms with Gasteiger partial charge in [0.05, 0.1) is 16.2 Å². The third kappa shape index (κ3) is 4.14. The number of nitro groups is 1. The van der Waals surface area contributed by atoms with E-state index in [1.54, 1.807) is 29.8 Å². The zero-order valence-electron chi connectivity index (χ0n) is 14.4. The molecule has 1 heterocycles. The standard InChI is InChI=1S/C17H13F2N5O3S/c1-23-16(11-4-2-3-5-12(11)18)21-22-17(23)28-9-15(25)20-10-6-7-13(19)14(8-10)24(26)27/h2-8H,9H2,1H3,(H,20,25). The number of nitro benzene ring substituents is 1. The number of carbonyl (C=O) groups excluding carboxylic acids is 1. The number of nitrogens with one attached hydrogen (secondary N) is 1. The average Bonchev–Trinajstić information content (AvgIpc) is 3.02. The first-order valence-electron chi connectivity index (χ1n) is 7.87. The lowest BCUT2D eigenvalue weighted by molar-refractivity contribution is -0.387. The first-order chi connectivity index (χ1) is 13.4. The molecule has 0 saturated carbocycles. The Morgan fingerprint density at radius 1 is 1.21 bits per heavy atom. The first kappa shape index (κ1) is 19.4. The van der Waals surface area contributed by atoms with E-state index in [-0.39, 0.29) is 17.0 Å². The van der Waals surface area contributed by atoms with E-state index in [1.165, 1.54) is 12.1 Å². The fourth-order valence-electron chi connectivity index (χ4n) is 2.38. The summed E-state index contributed by atoms with van der Waals surface area (Å²) in [7, 11) is 1.64. The van der Waals surface area contributed by atoms with E-state index in [1.807, 2.05) is 0 Å². The Kier molecular flexibility index (Phi) is 5.64. The number of hydrogen-bond donors (Lipinski definition) is 1. The van der Waals surface area contributed by atoms with Crippen molar-refractivity contribution >= 4 is 29.0 Å². The molecular formula is C17H13F2N5O3S. The number of hydrogen-bond acceptors (Lipinski definition) is 6. The molecule has 0 aliphatic heterocycles. The topological polar surface area (TPSA) is 103 Å². The largest absolute Gasteiger partial charge is 0.325 e. The van der Waals surface area contributed by atoms with Crippen molar-refractivity contribution in [2.75, 3.05) is 11.1 Å². The van der Waals surface area contributed by atoms with Crippen molar-refractivity contribution in [3.05, 3.63) is 64.2 Å². The molecule has 3 rings (SSSR count). The Morgan fingerprint density at radius 2 is 1.96 bits per heavy atom. The van der Waals surface area contributed by atoms with Crippen molar-refractivity contribution < 1.29 is 18.5 Å². The molecule has 3 aromatic rings. The van der Waals surface area contributed by atoms with Crippen molar-refractivity contribution in [3.8, 4) is 11.4 Å². The third-order valence-corrected chi connectivity index (χ3v) is 4.73. The van der Waals surface area contributed by atoms with Crippen molar-refractivity contribution in [2.45, 2.75) is 5.16 Å². The summed E-state index contributed by atoms with van der Waals surface area (Å²) >= 11 is 1.06. The fourth-order valence-corrected chi connectivity index (χ4v) is 3.09. The summed E-state index contributed by atoms with van der Waals surface area (Å²) in [5.74, 6) is -1.66. The van der Waals surface area contributed by atoms with Gasteiger partial charge in [0, 0.05) is 18.8 Å². The summed E-state index contributed by atoms with van der Waals surface area (Å²) in [6.07, 6.45) is 0. The highest BCUT2D eigenvalue weighted by Crippen LogP contribution is 2.25. The van der Waals surface area contributed by atoms with Crippen LogP contribution < -0.4 is 5.32 Å². The summed E-state index contributed by atoms with van der Waals surface area (Å²) in [5, 5.41) is 21.5. The third-order valence-electron chi connectivity index (χ3n) is 3.71. The molecule has 2 aromatic carbocycles. The minimum Gasteiger partial charge on any atom is -0.325 e. The molecule has 0 radical (unpaired) electrons. The van der Waals surface area contributed by atoms with Gasteiger partial charge in [0.25, 0.3) is 0 Å². The van der Waals surface area contributed by atoms with E-state index >= 15 is 0 Å². The number of rotatable bonds is 6. The van der Waals surface area contributed by atoms with Crippen LogP contribution in [0.5, 0.6) is 0 Å². The Bertz CT molecular complexity index is 1060. The van der Waals surface area contributed by atoms with Gasteiger partial charge in [0.2, 0.25) is 11.7 Å². The van der Waals surface area contributed by atoms with E-state index in [0.29, 0.717) is 11.0 Å². The van der Waals surface area contributed by atoms with Crippen LogP contribution in [0.4, 0.5) is 20.2 Å². The number of aromatic nitrogens is 3. The quantitative estimate of drug-likeness (QED) is 0.383. The molecule has 0 spiro atoms. The van der Waals surface area contributed by atoms with Crippen molar-refractivity contribution in [3.63, 3.8) is 0 Å². The molecule has 1 N–H and O–H groups in total. The molecule has 0 aliphatic carbocycles. The maximum Gasteiger partial charge on any atom is 0.306 e. The lowest BCUT2D eigenvalue weighted by atomic mass is 10.2. The Morgan fingerprint density at radius 3 is 2.68 bits per heavy atom. The highest BCUT2D eigenvalue weighted by molar-refractivity contribution is 7.99. The number of halogens is 2. The smallest absolute Gasteiger partial charge is 0.306 e. The van der Waals surface area contributed by atoms with Gasteiger partial charge in [-0.15, -0.1) is 10.2 Å². The van der Waals surface area contributed by atoms with Crippen LogP contribution in [0.2, 0.25) is 0 Å². The summed E-state index contributed by atoms with van der Waals surface area (Å²) in [4.78, 5) is 22.0. The first-order valence-corrected chi connectivity index (χ1v) is 8.86. The predicted molar refractivity (Wildman–Crippen MR) is 98.8 cm³/mol. The summed E-state index contributed by atoms with van der Waals surface area (Å²) in [6, 6.07) is 9.20. The van der Waals surface area contributed by atoms with E-state index in [0.717, 1.165) is 23.9 Å². The van der Waals surface area contributed by atoms with Gasteiger partial charge in [-0.25, -0.2) is 4.39 Å². The van der Waals surface area contributed by atoms with Gasteiger partial charge < -0.3 is 9.88 Å². The van der Waals surface area contributed by atoms with Gasteiger partial charge in [-0.05, 0) is 24.3 Å². The van der Waals surface area contributed by atoms with Crippen LogP contribution >= 0.6 is 11.8 Å². The molecule has 28 heavy (non-hydrogen) atoms. The molecule has 1 amide bonds. The monoisotopic (exact) mass is 405 g/mol. The maximum absolute atomic E-state index is 13.9. The molecule has 0 unspecified atom stereocenters. The highest BCUT2D eigenvalue weighted by Gasteiger charge is 2.17. The molecule has 0 bridgehead atoms. The van der Waals surface area contributed by atoms with Gasteiger partial charge in [-0.2, -0.15) is 4.39 Å². The van der Waals surface area contributed by atoms with Crippen LogP contribution in [0.3, 0.4) is 0 Å². The van der Waals surface area contributed by atoms with Crippen molar-refractivity contribution in [1.82, 2.24) is 14.8 Å². The second-order valence-corrected chi connectivity index (χ2v) is 6.55. The van der Waals surface area contributed by atoms with E-state index < -0.39 is 28.2 Å². The van der Waals surface area contributed by atoms with Crippen molar-refractivity contribution in [1.29, 1.82) is 0 Å². The van der Waals surface area contributed by atoms with Crippen LogP contribution in [0.1, 0.15) is 0 Å². The van der Waals surface area contributed by atoms with Crippen molar-refractivity contribution in [2.24, 2.45) is 7.05 Å². The van der Waals surface area contributed by atoms with Crippen LogP contribution in [0, 0.1) is 21.7 Å². The zero-order valence-corrected chi connectivity index (χ0v) is 15.2. The molecule has 0 atom stereocenters. The highest BCUT2D eigenvalue weighted by atomic mass is 32.2. The summed E-state index contributed by atoms with van der Waals surface area (Å²) < 4.78 is 28.8. The minimum absolute atomic E-state index is 0.0750. The Hall–Kier alpha value is -3.34. The molecule has 144 valence electrons. The molecule has 0 aliphatic rings. The van der Waals surface area contributed by atoms with Gasteiger partial charge in [-0.3, -0.25) is 14.9 Å². The number of benzene rings is 2. The van der Waals surface area contributed by atoms with Crippen LogP contribution in [0.15, 0.2) is 47.6 Å². The van der Waals surface area contributed by atoms with Crippen LogP contribution in [-0.4, -0.2) is 31.3 Å².